The van der Waals surface area contributed by atoms with E-state index < -0.39 is 0 Å². The molecule has 1 heterocycles. The van der Waals surface area contributed by atoms with Gasteiger partial charge in [0.05, 0.1) is 17.7 Å². The Hall–Kier alpha value is -2.46. The van der Waals surface area contributed by atoms with Crippen LogP contribution >= 0.6 is 11.3 Å². The lowest BCUT2D eigenvalue weighted by Crippen LogP contribution is -2.22. The van der Waals surface area contributed by atoms with E-state index in [9.17, 15) is 4.79 Å². The van der Waals surface area contributed by atoms with E-state index in [2.05, 4.69) is 10.3 Å². The lowest BCUT2D eigenvalue weighted by molar-refractivity contribution is 0.0950. The fourth-order valence-corrected chi connectivity index (χ4v) is 2.63. The molecule has 4 heteroatoms. The molecule has 0 spiro atoms. The number of carbonyl (C=O) groups is 1. The Kier molecular flexibility index (Phi) is 4.07. The molecule has 0 bridgehead atoms. The third-order valence-electron chi connectivity index (χ3n) is 3.15. The van der Waals surface area contributed by atoms with Crippen LogP contribution in [0, 0.1) is 0 Å². The quantitative estimate of drug-likeness (QED) is 0.796. The minimum absolute atomic E-state index is 0.0826. The largest absolute Gasteiger partial charge is 0.346 e. The summed E-state index contributed by atoms with van der Waals surface area (Å²) in [6.45, 7) is 0.456. The van der Waals surface area contributed by atoms with Gasteiger partial charge < -0.3 is 5.32 Å². The number of benzene rings is 2. The van der Waals surface area contributed by atoms with Gasteiger partial charge in [0.25, 0.3) is 5.91 Å². The van der Waals surface area contributed by atoms with Gasteiger partial charge in [0, 0.05) is 10.9 Å². The zero-order valence-corrected chi connectivity index (χ0v) is 12.1. The fourth-order valence-electron chi connectivity index (χ4n) is 2.07. The maximum Gasteiger partial charge on any atom is 0.251 e. The van der Waals surface area contributed by atoms with Gasteiger partial charge in [-0.05, 0) is 23.3 Å². The minimum Gasteiger partial charge on any atom is -0.346 e. The van der Waals surface area contributed by atoms with Crippen LogP contribution in [-0.2, 0) is 6.54 Å². The zero-order chi connectivity index (χ0) is 14.5. The Morgan fingerprint density at radius 3 is 2.62 bits per heavy atom. The van der Waals surface area contributed by atoms with Gasteiger partial charge in [-0.3, -0.25) is 4.79 Å². The van der Waals surface area contributed by atoms with Crippen molar-refractivity contribution in [1.29, 1.82) is 0 Å². The Labute approximate surface area is 127 Å². The molecule has 0 saturated heterocycles. The molecule has 0 unspecified atom stereocenters. The summed E-state index contributed by atoms with van der Waals surface area (Å²) >= 11 is 1.52. The summed E-state index contributed by atoms with van der Waals surface area (Å²) < 4.78 is 0. The van der Waals surface area contributed by atoms with E-state index in [0.717, 1.165) is 16.8 Å². The van der Waals surface area contributed by atoms with Crippen molar-refractivity contribution in [3.63, 3.8) is 0 Å². The second-order valence-corrected chi connectivity index (χ2v) is 5.33. The number of rotatable bonds is 4. The first-order chi connectivity index (χ1) is 10.3. The molecule has 3 aromatic rings. The molecular weight excluding hydrogens is 280 g/mol. The second kappa shape index (κ2) is 6.33. The minimum atomic E-state index is -0.0826. The Morgan fingerprint density at radius 2 is 1.86 bits per heavy atom. The molecule has 1 N–H and O–H groups in total. The normalized spacial score (nSPS) is 10.3. The number of hydrogen-bond donors (Lipinski definition) is 1. The van der Waals surface area contributed by atoms with Crippen molar-refractivity contribution in [3.05, 3.63) is 76.7 Å². The van der Waals surface area contributed by atoms with Gasteiger partial charge in [0.1, 0.15) is 0 Å². The molecular formula is C17H14N2OS. The summed E-state index contributed by atoms with van der Waals surface area (Å²) in [5.41, 5.74) is 5.44. The number of thiazole rings is 1. The van der Waals surface area contributed by atoms with Crippen molar-refractivity contribution in [1.82, 2.24) is 10.3 Å². The van der Waals surface area contributed by atoms with Crippen LogP contribution in [0.4, 0.5) is 0 Å². The maximum atomic E-state index is 12.2. The van der Waals surface area contributed by atoms with Crippen molar-refractivity contribution in [2.45, 2.75) is 6.54 Å². The van der Waals surface area contributed by atoms with Crippen LogP contribution in [0.3, 0.4) is 0 Å². The van der Waals surface area contributed by atoms with Gasteiger partial charge in [-0.2, -0.15) is 0 Å². The molecule has 3 rings (SSSR count). The molecule has 0 saturated carbocycles. The van der Waals surface area contributed by atoms with Crippen LogP contribution < -0.4 is 5.32 Å². The van der Waals surface area contributed by atoms with Crippen LogP contribution in [-0.4, -0.2) is 10.9 Å². The summed E-state index contributed by atoms with van der Waals surface area (Å²) in [5, 5.41) is 4.82. The molecule has 0 radical (unpaired) electrons. The maximum absolute atomic E-state index is 12.2. The monoisotopic (exact) mass is 294 g/mol. The third-order valence-corrected chi connectivity index (χ3v) is 3.78. The number of nitrogens with one attached hydrogen (secondary N) is 1. The van der Waals surface area contributed by atoms with Gasteiger partial charge in [-0.1, -0.05) is 42.5 Å². The van der Waals surface area contributed by atoms with Gasteiger partial charge >= 0.3 is 0 Å². The molecule has 21 heavy (non-hydrogen) atoms. The van der Waals surface area contributed by atoms with Crippen molar-refractivity contribution in [3.8, 4) is 11.1 Å². The fraction of sp³-hybridized carbons (Fsp3) is 0.0588. The van der Waals surface area contributed by atoms with E-state index in [1.807, 2.05) is 60.0 Å². The van der Waals surface area contributed by atoms with Crippen LogP contribution in [0.15, 0.2) is 65.5 Å². The number of carbonyl (C=O) groups excluding carboxylic acids is 1. The highest BCUT2D eigenvalue weighted by Gasteiger charge is 2.07. The number of hydrogen-bond acceptors (Lipinski definition) is 3. The highest BCUT2D eigenvalue weighted by molar-refractivity contribution is 7.07. The van der Waals surface area contributed by atoms with Gasteiger partial charge in [0.2, 0.25) is 0 Å². The summed E-state index contributed by atoms with van der Waals surface area (Å²) in [7, 11) is 0. The number of aromatic nitrogens is 1. The van der Waals surface area contributed by atoms with E-state index in [4.69, 9.17) is 0 Å². The second-order valence-electron chi connectivity index (χ2n) is 4.61. The number of amides is 1. The average molecular weight is 294 g/mol. The summed E-state index contributed by atoms with van der Waals surface area (Å²) in [6, 6.07) is 17.7. The molecule has 2 aromatic carbocycles. The van der Waals surface area contributed by atoms with Crippen LogP contribution in [0.5, 0.6) is 0 Å². The van der Waals surface area contributed by atoms with Crippen LogP contribution in [0.2, 0.25) is 0 Å². The first-order valence-corrected chi connectivity index (χ1v) is 7.58. The smallest absolute Gasteiger partial charge is 0.251 e. The van der Waals surface area contributed by atoms with E-state index in [0.29, 0.717) is 12.1 Å². The van der Waals surface area contributed by atoms with E-state index in [-0.39, 0.29) is 5.91 Å². The molecule has 0 atom stereocenters. The Balaban J connectivity index is 1.75. The van der Waals surface area contributed by atoms with Gasteiger partial charge in [-0.15, -0.1) is 11.3 Å². The molecule has 3 nitrogen and oxygen atoms in total. The molecule has 0 aliphatic carbocycles. The molecule has 0 aliphatic rings. The molecule has 1 amide bonds. The Morgan fingerprint density at radius 1 is 1.05 bits per heavy atom. The SMILES string of the molecule is O=C(NCc1cscn1)c1cccc(-c2ccccc2)c1. The van der Waals surface area contributed by atoms with Crippen molar-refractivity contribution in [2.75, 3.05) is 0 Å². The van der Waals surface area contributed by atoms with Gasteiger partial charge in [-0.25, -0.2) is 4.98 Å². The molecule has 0 fully saturated rings. The van der Waals surface area contributed by atoms with E-state index >= 15 is 0 Å². The van der Waals surface area contributed by atoms with Crippen molar-refractivity contribution in [2.24, 2.45) is 0 Å². The molecule has 1 aromatic heterocycles. The predicted octanol–water partition coefficient (Wildman–Crippen LogP) is 3.74. The van der Waals surface area contributed by atoms with Crippen molar-refractivity contribution >= 4 is 17.2 Å². The summed E-state index contributed by atoms with van der Waals surface area (Å²) in [5.74, 6) is -0.0826. The van der Waals surface area contributed by atoms with Crippen LogP contribution in [0.1, 0.15) is 16.1 Å². The molecule has 104 valence electrons. The first kappa shape index (κ1) is 13.5. The predicted molar refractivity (Wildman–Crippen MR) is 85.2 cm³/mol. The Bertz CT molecular complexity index is 724. The number of nitrogens with zero attached hydrogens (tertiary/aromatic N) is 1. The topological polar surface area (TPSA) is 42.0 Å². The highest BCUT2D eigenvalue weighted by Crippen LogP contribution is 2.19. The summed E-state index contributed by atoms with van der Waals surface area (Å²) in [6.07, 6.45) is 0. The lowest BCUT2D eigenvalue weighted by Gasteiger charge is -2.06. The first-order valence-electron chi connectivity index (χ1n) is 6.64. The van der Waals surface area contributed by atoms with Gasteiger partial charge in [0.15, 0.2) is 0 Å². The zero-order valence-electron chi connectivity index (χ0n) is 11.3. The lowest BCUT2D eigenvalue weighted by atomic mass is 10.0. The summed E-state index contributed by atoms with van der Waals surface area (Å²) in [4.78, 5) is 16.3. The van der Waals surface area contributed by atoms with E-state index in [1.54, 1.807) is 5.51 Å². The van der Waals surface area contributed by atoms with Crippen molar-refractivity contribution < 1.29 is 4.79 Å². The third kappa shape index (κ3) is 3.35. The van der Waals surface area contributed by atoms with E-state index in [1.165, 1.54) is 11.3 Å². The average Bonchev–Trinajstić information content (AvgIpc) is 3.07. The highest BCUT2D eigenvalue weighted by atomic mass is 32.1. The van der Waals surface area contributed by atoms with Crippen LogP contribution in [0.25, 0.3) is 11.1 Å². The molecule has 0 aliphatic heterocycles. The standard InChI is InChI=1S/C17H14N2OS/c20-17(18-10-16-11-21-12-19-16)15-8-4-7-14(9-15)13-5-2-1-3-6-13/h1-9,11-12H,10H2,(H,18,20).